The quantitative estimate of drug-likeness (QED) is 0.344. The van der Waals surface area contributed by atoms with Crippen LogP contribution in [0.1, 0.15) is 25.7 Å². The third kappa shape index (κ3) is 1.58. The highest BCUT2D eigenvalue weighted by Gasteiger charge is 2.19. The molecule has 1 N–H and O–H groups in total. The molecule has 1 aliphatic rings. The van der Waals surface area contributed by atoms with E-state index in [9.17, 15) is 0 Å². The summed E-state index contributed by atoms with van der Waals surface area (Å²) < 4.78 is 0. The molecule has 0 aromatic heterocycles. The summed E-state index contributed by atoms with van der Waals surface area (Å²) in [6.45, 7) is 0. The summed E-state index contributed by atoms with van der Waals surface area (Å²) in [5, 5.41) is 11.6. The summed E-state index contributed by atoms with van der Waals surface area (Å²) in [5.41, 5.74) is 0. The Hall–Kier alpha value is -0.240. The molecular weight excluding hydrogens is 138 g/mol. The maximum atomic E-state index is 8.25. The molecule has 9 heavy (non-hydrogen) atoms. The van der Waals surface area contributed by atoms with E-state index in [-0.39, 0.29) is 0 Å². The number of hydrogen-bond acceptors (Lipinski definition) is 2. The lowest BCUT2D eigenvalue weighted by Gasteiger charge is -2.01. The smallest absolute Gasteiger partial charge is 0.148 e. The SMILES string of the molecule is O/N=C(\Cl)C1CCCC1. The van der Waals surface area contributed by atoms with E-state index in [0.717, 1.165) is 12.8 Å². The second-order valence-electron chi connectivity index (χ2n) is 2.40. The minimum atomic E-state index is 0.344. The first-order chi connectivity index (χ1) is 4.34. The van der Waals surface area contributed by atoms with Crippen LogP contribution in [0.5, 0.6) is 0 Å². The van der Waals surface area contributed by atoms with Crippen molar-refractivity contribution in [1.29, 1.82) is 0 Å². The number of halogens is 1. The normalized spacial score (nSPS) is 23.0. The lowest BCUT2D eigenvalue weighted by Crippen LogP contribution is -2.02. The molecule has 0 atom stereocenters. The van der Waals surface area contributed by atoms with Crippen LogP contribution in [-0.2, 0) is 0 Å². The van der Waals surface area contributed by atoms with Gasteiger partial charge in [-0.05, 0) is 12.8 Å². The molecule has 1 fully saturated rings. The minimum absolute atomic E-state index is 0.344. The van der Waals surface area contributed by atoms with Gasteiger partial charge in [-0.1, -0.05) is 29.6 Å². The molecule has 1 rings (SSSR count). The summed E-state index contributed by atoms with van der Waals surface area (Å²) in [7, 11) is 0. The summed E-state index contributed by atoms with van der Waals surface area (Å²) in [5.74, 6) is 0.344. The molecule has 0 heterocycles. The van der Waals surface area contributed by atoms with Crippen molar-refractivity contribution in [1.82, 2.24) is 0 Å². The van der Waals surface area contributed by atoms with Crippen molar-refractivity contribution in [2.24, 2.45) is 11.1 Å². The van der Waals surface area contributed by atoms with Crippen LogP contribution in [0, 0.1) is 5.92 Å². The van der Waals surface area contributed by atoms with E-state index >= 15 is 0 Å². The molecule has 0 aliphatic heterocycles. The van der Waals surface area contributed by atoms with E-state index in [1.165, 1.54) is 12.8 Å². The summed E-state index contributed by atoms with van der Waals surface area (Å²) in [4.78, 5) is 0. The fourth-order valence-corrected chi connectivity index (χ4v) is 1.46. The van der Waals surface area contributed by atoms with Gasteiger partial charge >= 0.3 is 0 Å². The molecule has 1 saturated carbocycles. The Balaban J connectivity index is 2.42. The van der Waals surface area contributed by atoms with E-state index in [1.54, 1.807) is 0 Å². The zero-order valence-electron chi connectivity index (χ0n) is 5.18. The first-order valence-corrected chi connectivity index (χ1v) is 3.60. The van der Waals surface area contributed by atoms with Crippen molar-refractivity contribution in [3.63, 3.8) is 0 Å². The maximum absolute atomic E-state index is 8.25. The Morgan fingerprint density at radius 2 is 2.00 bits per heavy atom. The highest BCUT2D eigenvalue weighted by molar-refractivity contribution is 6.65. The average Bonchev–Trinajstić information content (AvgIpc) is 2.37. The second kappa shape index (κ2) is 3.06. The van der Waals surface area contributed by atoms with Gasteiger partial charge in [0.1, 0.15) is 5.17 Å². The van der Waals surface area contributed by atoms with Crippen LogP contribution in [0.2, 0.25) is 0 Å². The van der Waals surface area contributed by atoms with Gasteiger partial charge in [0.25, 0.3) is 0 Å². The number of hydrogen-bond donors (Lipinski definition) is 1. The molecule has 0 saturated heterocycles. The highest BCUT2D eigenvalue weighted by atomic mass is 35.5. The monoisotopic (exact) mass is 147 g/mol. The van der Waals surface area contributed by atoms with Crippen LogP contribution in [0.3, 0.4) is 0 Å². The molecule has 0 radical (unpaired) electrons. The molecule has 1 aliphatic carbocycles. The summed E-state index contributed by atoms with van der Waals surface area (Å²) >= 11 is 5.57. The first-order valence-electron chi connectivity index (χ1n) is 3.22. The van der Waals surface area contributed by atoms with Crippen LogP contribution in [0.15, 0.2) is 5.16 Å². The molecule has 52 valence electrons. The molecule has 0 amide bonds. The predicted octanol–water partition coefficient (Wildman–Crippen LogP) is 2.20. The fraction of sp³-hybridized carbons (Fsp3) is 0.833. The van der Waals surface area contributed by atoms with Crippen LogP contribution >= 0.6 is 11.6 Å². The van der Waals surface area contributed by atoms with Gasteiger partial charge < -0.3 is 5.21 Å². The van der Waals surface area contributed by atoms with E-state index < -0.39 is 0 Å². The third-order valence-electron chi connectivity index (χ3n) is 1.79. The van der Waals surface area contributed by atoms with Crippen molar-refractivity contribution < 1.29 is 5.21 Å². The van der Waals surface area contributed by atoms with E-state index in [4.69, 9.17) is 16.8 Å². The van der Waals surface area contributed by atoms with E-state index in [0.29, 0.717) is 11.1 Å². The Morgan fingerprint density at radius 3 is 2.44 bits per heavy atom. The van der Waals surface area contributed by atoms with Crippen LogP contribution < -0.4 is 0 Å². The predicted molar refractivity (Wildman–Crippen MR) is 37.0 cm³/mol. The molecular formula is C6H10ClNO. The number of nitrogens with zero attached hydrogens (tertiary/aromatic N) is 1. The van der Waals surface area contributed by atoms with Crippen molar-refractivity contribution in [3.8, 4) is 0 Å². The zero-order valence-corrected chi connectivity index (χ0v) is 5.93. The zero-order chi connectivity index (χ0) is 6.69. The number of rotatable bonds is 1. The van der Waals surface area contributed by atoms with Gasteiger partial charge in [0.2, 0.25) is 0 Å². The van der Waals surface area contributed by atoms with Gasteiger partial charge in [-0.15, -0.1) is 0 Å². The average molecular weight is 148 g/mol. The van der Waals surface area contributed by atoms with E-state index in [2.05, 4.69) is 5.16 Å². The van der Waals surface area contributed by atoms with Crippen LogP contribution in [0.25, 0.3) is 0 Å². The molecule has 0 spiro atoms. The van der Waals surface area contributed by atoms with Gasteiger partial charge in [-0.3, -0.25) is 0 Å². The summed E-state index contributed by atoms with van der Waals surface area (Å²) in [6, 6.07) is 0. The van der Waals surface area contributed by atoms with Gasteiger partial charge in [-0.2, -0.15) is 0 Å². The van der Waals surface area contributed by atoms with Gasteiger partial charge in [0.15, 0.2) is 0 Å². The standard InChI is InChI=1S/C6H10ClNO/c7-6(8-9)5-3-1-2-4-5/h5,9H,1-4H2/b8-6-. The highest BCUT2D eigenvalue weighted by Crippen LogP contribution is 2.26. The van der Waals surface area contributed by atoms with Crippen molar-refractivity contribution in [2.45, 2.75) is 25.7 Å². The van der Waals surface area contributed by atoms with E-state index in [1.807, 2.05) is 0 Å². The van der Waals surface area contributed by atoms with Crippen LogP contribution in [0.4, 0.5) is 0 Å². The maximum Gasteiger partial charge on any atom is 0.148 e. The van der Waals surface area contributed by atoms with Gasteiger partial charge in [0, 0.05) is 5.92 Å². The van der Waals surface area contributed by atoms with Gasteiger partial charge in [0.05, 0.1) is 0 Å². The Bertz CT molecular complexity index is 118. The van der Waals surface area contributed by atoms with Crippen molar-refractivity contribution >= 4 is 16.8 Å². The topological polar surface area (TPSA) is 32.6 Å². The molecule has 3 heteroatoms. The minimum Gasteiger partial charge on any atom is -0.410 e. The Kier molecular flexibility index (Phi) is 2.34. The summed E-state index contributed by atoms with van der Waals surface area (Å²) in [6.07, 6.45) is 4.61. The fourth-order valence-electron chi connectivity index (χ4n) is 1.25. The lowest BCUT2D eigenvalue weighted by molar-refractivity contribution is 0.317. The molecule has 0 unspecified atom stereocenters. The first kappa shape index (κ1) is 6.87. The number of oxime groups is 1. The Labute approximate surface area is 59.5 Å². The molecule has 0 aromatic rings. The van der Waals surface area contributed by atoms with Crippen molar-refractivity contribution in [2.75, 3.05) is 0 Å². The lowest BCUT2D eigenvalue weighted by atomic mass is 10.1. The van der Waals surface area contributed by atoms with Gasteiger partial charge in [-0.25, -0.2) is 0 Å². The third-order valence-corrected chi connectivity index (χ3v) is 2.17. The molecule has 2 nitrogen and oxygen atoms in total. The van der Waals surface area contributed by atoms with Crippen LogP contribution in [-0.4, -0.2) is 10.4 Å². The second-order valence-corrected chi connectivity index (χ2v) is 2.79. The van der Waals surface area contributed by atoms with Crippen molar-refractivity contribution in [3.05, 3.63) is 0 Å². The largest absolute Gasteiger partial charge is 0.410 e. The Morgan fingerprint density at radius 1 is 1.44 bits per heavy atom. The molecule has 0 aromatic carbocycles. The molecule has 0 bridgehead atoms.